The Morgan fingerprint density at radius 1 is 1.18 bits per heavy atom. The van der Waals surface area contributed by atoms with E-state index in [1.165, 1.54) is 0 Å². The quantitative estimate of drug-likeness (QED) is 0.461. The third-order valence-electron chi connectivity index (χ3n) is 1.89. The molecule has 0 amide bonds. The molecule has 11 heavy (non-hydrogen) atoms. The maximum atomic E-state index is 10.8. The van der Waals surface area contributed by atoms with Crippen LogP contribution < -0.4 is 0 Å². The second-order valence-corrected chi connectivity index (χ2v) is 2.63. The summed E-state index contributed by atoms with van der Waals surface area (Å²) in [5, 5.41) is 8.15. The molecule has 0 radical (unpaired) electrons. The van der Waals surface area contributed by atoms with Crippen LogP contribution in [0.15, 0.2) is 0 Å². The molecule has 1 aliphatic carbocycles. The summed E-state index contributed by atoms with van der Waals surface area (Å²) in [6.45, 7) is 0. The van der Waals surface area contributed by atoms with Crippen LogP contribution in [0.3, 0.4) is 0 Å². The Hall–Kier alpha value is -1.19. The molecular formula is C7H8O4. The van der Waals surface area contributed by atoms with Crippen molar-refractivity contribution >= 4 is 17.5 Å². The van der Waals surface area contributed by atoms with Crippen molar-refractivity contribution in [3.05, 3.63) is 0 Å². The largest absolute Gasteiger partial charge is 0.475 e. The second kappa shape index (κ2) is 2.82. The Labute approximate surface area is 63.2 Å². The standard InChI is InChI=1S/C7H8O4/c8-5(4-2-1-3-4)6(9)7(10)11/h4H,1-3H2,(H,10,11). The first-order valence-electron chi connectivity index (χ1n) is 3.44. The normalized spacial score (nSPS) is 17.1. The molecule has 1 saturated carbocycles. The van der Waals surface area contributed by atoms with Crippen LogP contribution in [0.1, 0.15) is 19.3 Å². The molecule has 0 spiro atoms. The van der Waals surface area contributed by atoms with Gasteiger partial charge >= 0.3 is 11.8 Å². The minimum absolute atomic E-state index is 0.307. The van der Waals surface area contributed by atoms with Gasteiger partial charge in [0.1, 0.15) is 0 Å². The van der Waals surface area contributed by atoms with Crippen molar-refractivity contribution in [3.63, 3.8) is 0 Å². The highest BCUT2D eigenvalue weighted by Gasteiger charge is 2.33. The maximum Gasteiger partial charge on any atom is 0.380 e. The number of Topliss-reactive ketones (excluding diaryl/α,β-unsaturated/α-hetero) is 2. The van der Waals surface area contributed by atoms with Crippen molar-refractivity contribution in [2.45, 2.75) is 19.3 Å². The van der Waals surface area contributed by atoms with Gasteiger partial charge in [-0.05, 0) is 12.8 Å². The lowest BCUT2D eigenvalue weighted by Gasteiger charge is -2.21. The van der Waals surface area contributed by atoms with Crippen LogP contribution in [0, 0.1) is 5.92 Å². The number of aliphatic carboxylic acids is 1. The zero-order valence-corrected chi connectivity index (χ0v) is 5.87. The van der Waals surface area contributed by atoms with Crippen LogP contribution in [-0.2, 0) is 14.4 Å². The van der Waals surface area contributed by atoms with Crippen molar-refractivity contribution in [2.75, 3.05) is 0 Å². The van der Waals surface area contributed by atoms with E-state index >= 15 is 0 Å². The van der Waals surface area contributed by atoms with E-state index in [4.69, 9.17) is 5.11 Å². The van der Waals surface area contributed by atoms with Crippen molar-refractivity contribution in [1.82, 2.24) is 0 Å². The predicted octanol–water partition coefficient (Wildman–Crippen LogP) is 0.00930. The van der Waals surface area contributed by atoms with E-state index in [0.29, 0.717) is 12.8 Å². The third kappa shape index (κ3) is 1.45. The Bertz CT molecular complexity index is 214. The molecule has 0 saturated heterocycles. The summed E-state index contributed by atoms with van der Waals surface area (Å²) in [5.41, 5.74) is 0. The van der Waals surface area contributed by atoms with E-state index in [9.17, 15) is 14.4 Å². The van der Waals surface area contributed by atoms with Crippen LogP contribution >= 0.6 is 0 Å². The van der Waals surface area contributed by atoms with Crippen LogP contribution in [0.5, 0.6) is 0 Å². The molecule has 0 aliphatic heterocycles. The molecule has 1 rings (SSSR count). The number of carbonyl (C=O) groups is 3. The monoisotopic (exact) mass is 156 g/mol. The van der Waals surface area contributed by atoms with Crippen LogP contribution in [0.2, 0.25) is 0 Å². The first kappa shape index (κ1) is 7.91. The summed E-state index contributed by atoms with van der Waals surface area (Å²) in [6, 6.07) is 0. The SMILES string of the molecule is O=C(O)C(=O)C(=O)C1CCC1. The van der Waals surface area contributed by atoms with E-state index in [-0.39, 0.29) is 5.92 Å². The fraction of sp³-hybridized carbons (Fsp3) is 0.571. The molecule has 0 unspecified atom stereocenters. The van der Waals surface area contributed by atoms with Gasteiger partial charge in [-0.15, -0.1) is 0 Å². The minimum Gasteiger partial charge on any atom is -0.475 e. The maximum absolute atomic E-state index is 10.8. The highest BCUT2D eigenvalue weighted by Crippen LogP contribution is 2.27. The van der Waals surface area contributed by atoms with Crippen LogP contribution in [0.25, 0.3) is 0 Å². The zero-order chi connectivity index (χ0) is 8.43. The molecular weight excluding hydrogens is 148 g/mol. The van der Waals surface area contributed by atoms with Gasteiger partial charge in [0, 0.05) is 5.92 Å². The number of hydrogen-bond acceptors (Lipinski definition) is 3. The number of carboxylic acid groups (broad SMARTS) is 1. The molecule has 0 aromatic carbocycles. The second-order valence-electron chi connectivity index (χ2n) is 2.63. The van der Waals surface area contributed by atoms with Gasteiger partial charge in [0.15, 0.2) is 0 Å². The summed E-state index contributed by atoms with van der Waals surface area (Å²) >= 11 is 0. The van der Waals surface area contributed by atoms with Crippen molar-refractivity contribution in [3.8, 4) is 0 Å². The molecule has 0 aromatic heterocycles. The van der Waals surface area contributed by atoms with E-state index < -0.39 is 17.5 Å². The van der Waals surface area contributed by atoms with Crippen LogP contribution in [0.4, 0.5) is 0 Å². The number of carbonyl (C=O) groups excluding carboxylic acids is 2. The molecule has 4 nitrogen and oxygen atoms in total. The predicted molar refractivity (Wildman–Crippen MR) is 35.0 cm³/mol. The number of carboxylic acids is 1. The smallest absolute Gasteiger partial charge is 0.380 e. The third-order valence-corrected chi connectivity index (χ3v) is 1.89. The van der Waals surface area contributed by atoms with Crippen LogP contribution in [-0.4, -0.2) is 22.6 Å². The van der Waals surface area contributed by atoms with E-state index in [0.717, 1.165) is 6.42 Å². The van der Waals surface area contributed by atoms with Crippen molar-refractivity contribution in [1.29, 1.82) is 0 Å². The molecule has 0 heterocycles. The van der Waals surface area contributed by atoms with Gasteiger partial charge in [0.05, 0.1) is 0 Å². The molecule has 1 fully saturated rings. The van der Waals surface area contributed by atoms with Gasteiger partial charge in [-0.3, -0.25) is 9.59 Å². The van der Waals surface area contributed by atoms with E-state index in [1.54, 1.807) is 0 Å². The number of rotatable bonds is 3. The van der Waals surface area contributed by atoms with Gasteiger partial charge in [0.25, 0.3) is 0 Å². The summed E-state index contributed by atoms with van der Waals surface area (Å²) in [4.78, 5) is 31.4. The number of ketones is 2. The average Bonchev–Trinajstić information content (AvgIpc) is 1.82. The van der Waals surface area contributed by atoms with Gasteiger partial charge in [-0.25, -0.2) is 4.79 Å². The van der Waals surface area contributed by atoms with Crippen molar-refractivity contribution < 1.29 is 19.5 Å². The molecule has 4 heteroatoms. The van der Waals surface area contributed by atoms with Crippen molar-refractivity contribution in [2.24, 2.45) is 5.92 Å². The lowest BCUT2D eigenvalue weighted by molar-refractivity contribution is -0.154. The summed E-state index contributed by atoms with van der Waals surface area (Å²) < 4.78 is 0. The highest BCUT2D eigenvalue weighted by atomic mass is 16.4. The average molecular weight is 156 g/mol. The molecule has 0 bridgehead atoms. The molecule has 1 N–H and O–H groups in total. The Morgan fingerprint density at radius 2 is 1.73 bits per heavy atom. The van der Waals surface area contributed by atoms with E-state index in [1.807, 2.05) is 0 Å². The summed E-state index contributed by atoms with van der Waals surface area (Å²) in [5.74, 6) is -3.95. The minimum atomic E-state index is -1.64. The lowest BCUT2D eigenvalue weighted by atomic mass is 9.81. The molecule has 0 aromatic rings. The summed E-state index contributed by atoms with van der Waals surface area (Å²) in [7, 11) is 0. The van der Waals surface area contributed by atoms with Gasteiger partial charge in [-0.2, -0.15) is 0 Å². The first-order valence-corrected chi connectivity index (χ1v) is 3.44. The Morgan fingerprint density at radius 3 is 2.00 bits per heavy atom. The summed E-state index contributed by atoms with van der Waals surface area (Å²) in [6.07, 6.45) is 2.25. The van der Waals surface area contributed by atoms with Gasteiger partial charge < -0.3 is 5.11 Å². The topological polar surface area (TPSA) is 71.4 Å². The molecule has 0 atom stereocenters. The molecule has 60 valence electrons. The lowest BCUT2D eigenvalue weighted by Crippen LogP contribution is -2.33. The zero-order valence-electron chi connectivity index (χ0n) is 5.87. The Balaban J connectivity index is 2.53. The first-order chi connectivity index (χ1) is 5.13. The molecule has 1 aliphatic rings. The van der Waals surface area contributed by atoms with Gasteiger partial charge in [-0.1, -0.05) is 6.42 Å². The highest BCUT2D eigenvalue weighted by molar-refractivity contribution is 6.62. The van der Waals surface area contributed by atoms with E-state index in [2.05, 4.69) is 0 Å². The fourth-order valence-corrected chi connectivity index (χ4v) is 0.961. The number of hydrogen-bond donors (Lipinski definition) is 1. The van der Waals surface area contributed by atoms with Gasteiger partial charge in [0.2, 0.25) is 5.78 Å². The fourth-order valence-electron chi connectivity index (χ4n) is 0.961. The Kier molecular flexibility index (Phi) is 2.03.